The van der Waals surface area contributed by atoms with E-state index in [0.717, 1.165) is 46.0 Å². The normalized spacial score (nSPS) is 17.4. The lowest BCUT2D eigenvalue weighted by atomic mass is 9.91. The molecule has 1 aliphatic rings. The van der Waals surface area contributed by atoms with Crippen LogP contribution < -0.4 is 4.74 Å². The third-order valence-electron chi connectivity index (χ3n) is 3.90. The first kappa shape index (κ1) is 10.9. The molecule has 2 aromatic carbocycles. The predicted octanol–water partition coefficient (Wildman–Crippen LogP) is 4.08. The number of aryl methyl sites for hydroxylation is 1. The Labute approximate surface area is 111 Å². The molecule has 19 heavy (non-hydrogen) atoms. The summed E-state index contributed by atoms with van der Waals surface area (Å²) in [7, 11) is 0. The van der Waals surface area contributed by atoms with Gasteiger partial charge in [-0.1, -0.05) is 24.3 Å². The molecule has 3 aromatic rings. The smallest absolute Gasteiger partial charge is 0.182 e. The number of nitrogens with zero attached hydrogens (tertiary/aromatic N) is 1. The zero-order valence-electron chi connectivity index (χ0n) is 11.1. The molecule has 0 bridgehead atoms. The first-order chi connectivity index (χ1) is 9.16. The third kappa shape index (κ3) is 1.47. The molecule has 0 aliphatic carbocycles. The molecule has 1 aromatic heterocycles. The minimum absolute atomic E-state index is 0.122. The van der Waals surface area contributed by atoms with Gasteiger partial charge in [0.05, 0.1) is 0 Å². The Hall–Kier alpha value is -2.03. The van der Waals surface area contributed by atoms with Crippen molar-refractivity contribution in [1.82, 2.24) is 4.98 Å². The molecule has 3 nitrogen and oxygen atoms in total. The summed E-state index contributed by atoms with van der Waals surface area (Å²) in [5.74, 6) is 0.969. The van der Waals surface area contributed by atoms with Gasteiger partial charge in [-0.2, -0.15) is 0 Å². The molecule has 0 saturated heterocycles. The molecule has 0 spiro atoms. The van der Waals surface area contributed by atoms with Crippen LogP contribution in [0.3, 0.4) is 0 Å². The van der Waals surface area contributed by atoms with E-state index >= 15 is 0 Å². The van der Waals surface area contributed by atoms with Crippen molar-refractivity contribution >= 4 is 21.9 Å². The molecular formula is C16H15NO2. The fourth-order valence-electron chi connectivity index (χ4n) is 2.90. The Morgan fingerprint density at radius 2 is 1.95 bits per heavy atom. The van der Waals surface area contributed by atoms with Gasteiger partial charge in [0.15, 0.2) is 12.0 Å². The van der Waals surface area contributed by atoms with Crippen molar-refractivity contribution in [2.45, 2.75) is 32.3 Å². The van der Waals surface area contributed by atoms with Crippen molar-refractivity contribution in [3.8, 4) is 5.75 Å². The van der Waals surface area contributed by atoms with Crippen LogP contribution in [0, 0.1) is 0 Å². The number of rotatable bonds is 0. The molecule has 0 atom stereocenters. The maximum atomic E-state index is 6.22. The van der Waals surface area contributed by atoms with Crippen molar-refractivity contribution in [3.05, 3.63) is 36.2 Å². The number of ether oxygens (including phenoxy) is 1. The largest absolute Gasteiger partial charge is 0.487 e. The van der Waals surface area contributed by atoms with Crippen molar-refractivity contribution in [3.63, 3.8) is 0 Å². The summed E-state index contributed by atoms with van der Waals surface area (Å²) < 4.78 is 11.8. The van der Waals surface area contributed by atoms with Gasteiger partial charge in [0, 0.05) is 16.3 Å². The lowest BCUT2D eigenvalue weighted by Gasteiger charge is -2.33. The van der Waals surface area contributed by atoms with E-state index in [9.17, 15) is 0 Å². The van der Waals surface area contributed by atoms with Gasteiger partial charge in [0.1, 0.15) is 16.9 Å². The number of fused-ring (bicyclic) bond motifs is 6. The van der Waals surface area contributed by atoms with Gasteiger partial charge in [-0.3, -0.25) is 0 Å². The van der Waals surface area contributed by atoms with Gasteiger partial charge in [-0.15, -0.1) is 0 Å². The second kappa shape index (κ2) is 3.50. The van der Waals surface area contributed by atoms with E-state index in [1.54, 1.807) is 0 Å². The quantitative estimate of drug-likeness (QED) is 0.605. The molecule has 96 valence electrons. The van der Waals surface area contributed by atoms with E-state index in [-0.39, 0.29) is 5.60 Å². The van der Waals surface area contributed by atoms with Crippen LogP contribution in [0.25, 0.3) is 21.9 Å². The molecule has 2 heterocycles. The number of benzene rings is 2. The Bertz CT molecular complexity index is 786. The molecular weight excluding hydrogens is 238 g/mol. The highest BCUT2D eigenvalue weighted by molar-refractivity contribution is 6.08. The van der Waals surface area contributed by atoms with Crippen molar-refractivity contribution in [1.29, 1.82) is 0 Å². The number of hydrogen-bond donors (Lipinski definition) is 0. The molecule has 0 fully saturated rings. The van der Waals surface area contributed by atoms with Crippen LogP contribution in [-0.4, -0.2) is 10.6 Å². The molecule has 0 amide bonds. The second-order valence-electron chi connectivity index (χ2n) is 5.75. The Kier molecular flexibility index (Phi) is 2.00. The van der Waals surface area contributed by atoms with Crippen LogP contribution in [-0.2, 0) is 6.42 Å². The Balaban J connectivity index is 2.17. The minimum Gasteiger partial charge on any atom is -0.487 e. The molecule has 0 saturated carbocycles. The van der Waals surface area contributed by atoms with E-state index < -0.39 is 0 Å². The molecule has 3 heteroatoms. The lowest BCUT2D eigenvalue weighted by molar-refractivity contribution is 0.0871. The maximum absolute atomic E-state index is 6.22. The van der Waals surface area contributed by atoms with Gasteiger partial charge in [0.2, 0.25) is 0 Å². The highest BCUT2D eigenvalue weighted by Gasteiger charge is 2.30. The Morgan fingerprint density at radius 1 is 1.16 bits per heavy atom. The average Bonchev–Trinajstić information content (AvgIpc) is 2.87. The van der Waals surface area contributed by atoms with Crippen LogP contribution >= 0.6 is 0 Å². The summed E-state index contributed by atoms with van der Waals surface area (Å²) in [5.41, 5.74) is 2.86. The van der Waals surface area contributed by atoms with Crippen LogP contribution in [0.15, 0.2) is 35.1 Å². The highest BCUT2D eigenvalue weighted by atomic mass is 16.5. The molecule has 1 aliphatic heterocycles. The summed E-state index contributed by atoms with van der Waals surface area (Å²) in [6.45, 7) is 4.27. The molecule has 4 rings (SSSR count). The Morgan fingerprint density at radius 3 is 2.79 bits per heavy atom. The lowest BCUT2D eigenvalue weighted by Crippen LogP contribution is -2.32. The fourth-order valence-corrected chi connectivity index (χ4v) is 2.90. The molecule has 0 radical (unpaired) electrons. The van der Waals surface area contributed by atoms with Gasteiger partial charge < -0.3 is 9.15 Å². The van der Waals surface area contributed by atoms with E-state index in [2.05, 4.69) is 31.0 Å². The monoisotopic (exact) mass is 253 g/mol. The van der Waals surface area contributed by atoms with Crippen LogP contribution in [0.1, 0.15) is 25.8 Å². The van der Waals surface area contributed by atoms with E-state index in [0.29, 0.717) is 0 Å². The fraction of sp³-hybridized carbons (Fsp3) is 0.312. The van der Waals surface area contributed by atoms with Crippen LogP contribution in [0.4, 0.5) is 0 Å². The van der Waals surface area contributed by atoms with Crippen LogP contribution in [0.2, 0.25) is 0 Å². The highest BCUT2D eigenvalue weighted by Crippen LogP contribution is 2.43. The average molecular weight is 253 g/mol. The first-order valence-corrected chi connectivity index (χ1v) is 6.61. The van der Waals surface area contributed by atoms with Gasteiger partial charge in [0.25, 0.3) is 0 Å². The standard InChI is InChI=1S/C16H15NO2/c1-16(2)8-7-12-14(19-16)11-6-4-3-5-10(11)13-15(12)18-9-17-13/h3-6,9H,7-8H2,1-2H3. The van der Waals surface area contributed by atoms with E-state index in [1.807, 2.05) is 12.1 Å². The van der Waals surface area contributed by atoms with Crippen molar-refractivity contribution in [2.75, 3.05) is 0 Å². The summed E-state index contributed by atoms with van der Waals surface area (Å²) in [4.78, 5) is 4.37. The maximum Gasteiger partial charge on any atom is 0.182 e. The van der Waals surface area contributed by atoms with Gasteiger partial charge >= 0.3 is 0 Å². The third-order valence-corrected chi connectivity index (χ3v) is 3.90. The van der Waals surface area contributed by atoms with Crippen LogP contribution in [0.5, 0.6) is 5.75 Å². The molecule has 0 N–H and O–H groups in total. The van der Waals surface area contributed by atoms with E-state index in [4.69, 9.17) is 9.15 Å². The number of oxazole rings is 1. The van der Waals surface area contributed by atoms with Gasteiger partial charge in [-0.25, -0.2) is 4.98 Å². The number of aromatic nitrogens is 1. The topological polar surface area (TPSA) is 35.3 Å². The second-order valence-corrected chi connectivity index (χ2v) is 5.75. The zero-order chi connectivity index (χ0) is 13.0. The predicted molar refractivity (Wildman–Crippen MR) is 74.5 cm³/mol. The first-order valence-electron chi connectivity index (χ1n) is 6.61. The van der Waals surface area contributed by atoms with Gasteiger partial charge in [-0.05, 0) is 26.7 Å². The number of hydrogen-bond acceptors (Lipinski definition) is 3. The molecule has 0 unspecified atom stereocenters. The van der Waals surface area contributed by atoms with Crippen molar-refractivity contribution < 1.29 is 9.15 Å². The van der Waals surface area contributed by atoms with Crippen molar-refractivity contribution in [2.24, 2.45) is 0 Å². The summed E-state index contributed by atoms with van der Waals surface area (Å²) >= 11 is 0. The summed E-state index contributed by atoms with van der Waals surface area (Å²) in [6, 6.07) is 8.24. The zero-order valence-corrected chi connectivity index (χ0v) is 11.1. The minimum atomic E-state index is -0.122. The van der Waals surface area contributed by atoms with E-state index in [1.165, 1.54) is 6.39 Å². The SMILES string of the molecule is CC1(C)CCc2c(c3ccccc3c3ncoc23)O1. The summed E-state index contributed by atoms with van der Waals surface area (Å²) in [6.07, 6.45) is 3.49. The summed E-state index contributed by atoms with van der Waals surface area (Å²) in [5, 5.41) is 2.23.